The lowest BCUT2D eigenvalue weighted by Gasteiger charge is -2.09. The van der Waals surface area contributed by atoms with Crippen molar-refractivity contribution in [3.8, 4) is 5.75 Å². The van der Waals surface area contributed by atoms with Crippen LogP contribution in [0.25, 0.3) is 0 Å². The molecular formula is C18H12F3N3O6S2. The number of aromatic nitrogens is 1. The maximum absolute atomic E-state index is 12.7. The van der Waals surface area contributed by atoms with E-state index in [0.717, 1.165) is 48.7 Å². The lowest BCUT2D eigenvalue weighted by Crippen LogP contribution is -2.20. The summed E-state index contributed by atoms with van der Waals surface area (Å²) in [6.45, 7) is -0.634. The minimum absolute atomic E-state index is 0.0804. The molecule has 0 aliphatic heterocycles. The fourth-order valence-corrected chi connectivity index (χ4v) is 4.82. The summed E-state index contributed by atoms with van der Waals surface area (Å²) in [5.41, 5.74) is -1.21. The molecule has 168 valence electrons. The number of non-ortho nitro benzene ring substituents is 1. The monoisotopic (exact) mass is 487 g/mol. The van der Waals surface area contributed by atoms with Gasteiger partial charge in [0, 0.05) is 12.1 Å². The molecule has 32 heavy (non-hydrogen) atoms. The van der Waals surface area contributed by atoms with Crippen LogP contribution in [0.1, 0.15) is 5.56 Å². The van der Waals surface area contributed by atoms with Gasteiger partial charge in [0.1, 0.15) is 9.96 Å². The van der Waals surface area contributed by atoms with Gasteiger partial charge >= 0.3 is 6.18 Å². The Hall–Kier alpha value is -3.52. The van der Waals surface area contributed by atoms with Crippen LogP contribution >= 0.6 is 11.3 Å². The highest BCUT2D eigenvalue weighted by Gasteiger charge is 2.30. The molecule has 0 radical (unpaired) electrons. The predicted octanol–water partition coefficient (Wildman–Crippen LogP) is 3.92. The van der Waals surface area contributed by atoms with E-state index in [-0.39, 0.29) is 25.7 Å². The zero-order chi connectivity index (χ0) is 23.5. The van der Waals surface area contributed by atoms with Crippen LogP contribution < -0.4 is 10.1 Å². The Balaban J connectivity index is 1.64. The van der Waals surface area contributed by atoms with Crippen molar-refractivity contribution in [2.45, 2.75) is 15.3 Å². The van der Waals surface area contributed by atoms with Gasteiger partial charge < -0.3 is 4.74 Å². The molecule has 9 nitrogen and oxygen atoms in total. The van der Waals surface area contributed by atoms with Crippen LogP contribution in [0.4, 0.5) is 24.0 Å². The van der Waals surface area contributed by atoms with Gasteiger partial charge in [0.2, 0.25) is 9.84 Å². The van der Waals surface area contributed by atoms with Crippen molar-refractivity contribution in [1.82, 2.24) is 4.98 Å². The number of alkyl halides is 3. The number of hydrogen-bond acceptors (Lipinski definition) is 8. The number of halogens is 3. The van der Waals surface area contributed by atoms with Gasteiger partial charge in [0.25, 0.3) is 11.6 Å². The number of benzene rings is 2. The van der Waals surface area contributed by atoms with E-state index in [1.54, 1.807) is 0 Å². The van der Waals surface area contributed by atoms with Crippen LogP contribution in [0.2, 0.25) is 0 Å². The Bertz CT molecular complexity index is 1260. The van der Waals surface area contributed by atoms with E-state index >= 15 is 0 Å². The molecule has 0 spiro atoms. The highest BCUT2D eigenvalue weighted by molar-refractivity contribution is 7.93. The SMILES string of the molecule is O=C(COc1cccc(C(F)(F)F)c1)Nc1ncc(S(=O)(=O)c2ccc([N+](=O)[O-])cc2)s1. The van der Waals surface area contributed by atoms with Gasteiger partial charge in [0.05, 0.1) is 21.6 Å². The number of anilines is 1. The summed E-state index contributed by atoms with van der Waals surface area (Å²) in [7, 11) is -4.03. The van der Waals surface area contributed by atoms with E-state index in [0.29, 0.717) is 11.3 Å². The second-order valence-electron chi connectivity index (χ2n) is 6.10. The van der Waals surface area contributed by atoms with Crippen molar-refractivity contribution in [2.75, 3.05) is 11.9 Å². The maximum Gasteiger partial charge on any atom is 0.416 e. The number of nitrogens with zero attached hydrogens (tertiary/aromatic N) is 2. The summed E-state index contributed by atoms with van der Waals surface area (Å²) in [5.74, 6) is -0.938. The molecule has 0 saturated carbocycles. The highest BCUT2D eigenvalue weighted by atomic mass is 32.2. The Morgan fingerprint density at radius 2 is 1.88 bits per heavy atom. The van der Waals surface area contributed by atoms with E-state index in [2.05, 4.69) is 10.3 Å². The van der Waals surface area contributed by atoms with Gasteiger partial charge in [-0.2, -0.15) is 13.2 Å². The largest absolute Gasteiger partial charge is 0.484 e. The third-order valence-electron chi connectivity index (χ3n) is 3.88. The molecule has 14 heteroatoms. The first-order valence-electron chi connectivity index (χ1n) is 8.52. The van der Waals surface area contributed by atoms with Crippen LogP contribution in [0.5, 0.6) is 5.75 Å². The van der Waals surface area contributed by atoms with E-state index in [4.69, 9.17) is 4.74 Å². The van der Waals surface area contributed by atoms with E-state index in [1.807, 2.05) is 0 Å². The predicted molar refractivity (Wildman–Crippen MR) is 106 cm³/mol. The average Bonchev–Trinajstić information content (AvgIpc) is 3.21. The second-order valence-corrected chi connectivity index (χ2v) is 9.31. The fourth-order valence-electron chi connectivity index (χ4n) is 2.37. The highest BCUT2D eigenvalue weighted by Crippen LogP contribution is 2.32. The number of carbonyl (C=O) groups is 1. The van der Waals surface area contributed by atoms with Crippen LogP contribution in [0, 0.1) is 10.1 Å². The summed E-state index contributed by atoms with van der Waals surface area (Å²) in [6.07, 6.45) is -3.56. The number of thiazole rings is 1. The third kappa shape index (κ3) is 5.39. The minimum Gasteiger partial charge on any atom is -0.484 e. The van der Waals surface area contributed by atoms with Gasteiger partial charge in [-0.25, -0.2) is 13.4 Å². The number of carbonyl (C=O) groups excluding carboxylic acids is 1. The molecule has 0 aliphatic rings. The van der Waals surface area contributed by atoms with Crippen molar-refractivity contribution in [3.05, 3.63) is 70.4 Å². The lowest BCUT2D eigenvalue weighted by atomic mass is 10.2. The number of ether oxygens (including phenoxy) is 1. The van der Waals surface area contributed by atoms with Gasteiger partial charge in [-0.15, -0.1) is 0 Å². The molecular weight excluding hydrogens is 475 g/mol. The van der Waals surface area contributed by atoms with Crippen molar-refractivity contribution >= 4 is 37.9 Å². The fraction of sp³-hybridized carbons (Fsp3) is 0.111. The maximum atomic E-state index is 12.7. The molecule has 0 fully saturated rings. The minimum atomic E-state index is -4.56. The van der Waals surface area contributed by atoms with Crippen LogP contribution in [-0.2, 0) is 20.8 Å². The number of nitro benzene ring substituents is 1. The average molecular weight is 487 g/mol. The third-order valence-corrected chi connectivity index (χ3v) is 7.03. The number of nitro groups is 1. The molecule has 3 rings (SSSR count). The lowest BCUT2D eigenvalue weighted by molar-refractivity contribution is -0.384. The molecule has 0 saturated heterocycles. The summed E-state index contributed by atoms with van der Waals surface area (Å²) in [5, 5.41) is 12.9. The Kier molecular flexibility index (Phi) is 6.45. The number of hydrogen-bond donors (Lipinski definition) is 1. The molecule has 0 aliphatic carbocycles. The van der Waals surface area contributed by atoms with Gasteiger partial charge in [0.15, 0.2) is 11.7 Å². The molecule has 3 aromatic rings. The number of sulfone groups is 1. The van der Waals surface area contributed by atoms with Crippen LogP contribution in [0.3, 0.4) is 0 Å². The number of rotatable bonds is 7. The van der Waals surface area contributed by atoms with Gasteiger partial charge in [-0.05, 0) is 30.3 Å². The quantitative estimate of drug-likeness (QED) is 0.395. The molecule has 1 amide bonds. The smallest absolute Gasteiger partial charge is 0.416 e. The van der Waals surface area contributed by atoms with Crippen molar-refractivity contribution in [2.24, 2.45) is 0 Å². The molecule has 2 aromatic carbocycles. The normalized spacial score (nSPS) is 11.7. The Labute approximate surface area is 182 Å². The molecule has 0 bridgehead atoms. The van der Waals surface area contributed by atoms with Crippen LogP contribution in [0.15, 0.2) is 63.8 Å². The molecule has 1 aromatic heterocycles. The van der Waals surface area contributed by atoms with Gasteiger partial charge in [-0.3, -0.25) is 20.2 Å². The zero-order valence-electron chi connectivity index (χ0n) is 15.7. The van der Waals surface area contributed by atoms with Crippen molar-refractivity contribution < 1.29 is 36.0 Å². The van der Waals surface area contributed by atoms with E-state index in [1.165, 1.54) is 6.07 Å². The summed E-state index contributed by atoms with van der Waals surface area (Å²) in [6, 6.07) is 8.22. The van der Waals surface area contributed by atoms with E-state index < -0.39 is 39.0 Å². The number of amides is 1. The first-order valence-corrected chi connectivity index (χ1v) is 10.8. The molecule has 0 atom stereocenters. The van der Waals surface area contributed by atoms with E-state index in [9.17, 15) is 36.5 Å². The standard InChI is InChI=1S/C18H12F3N3O6S2/c19-18(20,21)11-2-1-3-13(8-11)30-10-15(25)23-17-22-9-16(31-17)32(28,29)14-6-4-12(5-7-14)24(26)27/h1-9H,10H2,(H,22,23,25). The van der Waals surface area contributed by atoms with Gasteiger partial charge in [-0.1, -0.05) is 17.4 Å². The molecule has 0 unspecified atom stereocenters. The zero-order valence-corrected chi connectivity index (χ0v) is 17.3. The first kappa shape index (κ1) is 23.1. The first-order chi connectivity index (χ1) is 15.0. The van der Waals surface area contributed by atoms with Crippen molar-refractivity contribution in [3.63, 3.8) is 0 Å². The molecule has 1 N–H and O–H groups in total. The Morgan fingerprint density at radius 1 is 1.19 bits per heavy atom. The summed E-state index contributed by atoms with van der Waals surface area (Å²) in [4.78, 5) is 25.6. The summed E-state index contributed by atoms with van der Waals surface area (Å²) < 4.78 is 68.2. The second kappa shape index (κ2) is 8.92. The molecule has 1 heterocycles. The Morgan fingerprint density at radius 3 is 2.50 bits per heavy atom. The van der Waals surface area contributed by atoms with Crippen molar-refractivity contribution in [1.29, 1.82) is 0 Å². The topological polar surface area (TPSA) is 128 Å². The number of nitrogens with one attached hydrogen (secondary N) is 1. The summed E-state index contributed by atoms with van der Waals surface area (Å²) >= 11 is 0.632. The van der Waals surface area contributed by atoms with Crippen LogP contribution in [-0.4, -0.2) is 30.8 Å².